The van der Waals surface area contributed by atoms with Crippen LogP contribution in [0.5, 0.6) is 23.0 Å². The Hall–Kier alpha value is -3.82. The number of ether oxygens (including phenoxy) is 4. The van der Waals surface area contributed by atoms with E-state index >= 15 is 0 Å². The van der Waals surface area contributed by atoms with Crippen molar-refractivity contribution in [3.63, 3.8) is 0 Å². The van der Waals surface area contributed by atoms with E-state index in [1.807, 2.05) is 0 Å². The third-order valence-electron chi connectivity index (χ3n) is 3.97. The third-order valence-corrected chi connectivity index (χ3v) is 3.97. The monoisotopic (exact) mass is 385 g/mol. The van der Waals surface area contributed by atoms with Crippen molar-refractivity contribution in [3.05, 3.63) is 42.2 Å². The maximum atomic E-state index is 12.9. The number of methoxy groups -OCH3 is 4. The van der Waals surface area contributed by atoms with E-state index in [2.05, 4.69) is 20.8 Å². The van der Waals surface area contributed by atoms with Gasteiger partial charge in [-0.25, -0.2) is 0 Å². The maximum Gasteiger partial charge on any atom is 0.256 e. The second-order valence-corrected chi connectivity index (χ2v) is 5.51. The highest BCUT2D eigenvalue weighted by atomic mass is 16.5. The molecule has 10 nitrogen and oxygen atoms in total. The number of nitrogens with zero attached hydrogens (tertiary/aromatic N) is 4. The maximum absolute atomic E-state index is 12.9. The highest BCUT2D eigenvalue weighted by Gasteiger charge is 2.18. The van der Waals surface area contributed by atoms with Crippen LogP contribution in [0, 0.1) is 0 Å². The number of aromatic nitrogens is 4. The van der Waals surface area contributed by atoms with Gasteiger partial charge in [-0.15, -0.1) is 5.10 Å². The molecule has 10 heteroatoms. The van der Waals surface area contributed by atoms with Gasteiger partial charge < -0.3 is 24.3 Å². The summed E-state index contributed by atoms with van der Waals surface area (Å²) in [6, 6.07) is 8.28. The molecule has 0 atom stereocenters. The average Bonchev–Trinajstić information content (AvgIpc) is 3.26. The summed E-state index contributed by atoms with van der Waals surface area (Å²) in [6.07, 6.45) is 1.43. The topological polar surface area (TPSA) is 110 Å². The molecule has 2 aromatic carbocycles. The Labute approximate surface area is 161 Å². The molecular weight excluding hydrogens is 366 g/mol. The van der Waals surface area contributed by atoms with Crippen molar-refractivity contribution in [2.45, 2.75) is 0 Å². The Morgan fingerprint density at radius 1 is 0.964 bits per heavy atom. The molecule has 1 heterocycles. The molecule has 1 amide bonds. The van der Waals surface area contributed by atoms with Gasteiger partial charge in [0.15, 0.2) is 11.5 Å². The zero-order valence-electron chi connectivity index (χ0n) is 15.8. The number of carbonyl (C=O) groups excluding carboxylic acids is 1. The molecule has 0 aliphatic heterocycles. The van der Waals surface area contributed by atoms with Crippen molar-refractivity contribution in [2.24, 2.45) is 0 Å². The van der Waals surface area contributed by atoms with Gasteiger partial charge in [-0.2, -0.15) is 4.68 Å². The van der Waals surface area contributed by atoms with E-state index in [1.54, 1.807) is 30.3 Å². The molecule has 0 radical (unpaired) electrons. The number of tetrazole rings is 1. The second-order valence-electron chi connectivity index (χ2n) is 5.51. The largest absolute Gasteiger partial charge is 0.497 e. The van der Waals surface area contributed by atoms with Crippen LogP contribution >= 0.6 is 0 Å². The summed E-state index contributed by atoms with van der Waals surface area (Å²) in [4.78, 5) is 12.9. The normalized spacial score (nSPS) is 10.3. The molecule has 146 valence electrons. The molecule has 0 fully saturated rings. The Kier molecular flexibility index (Phi) is 5.58. The van der Waals surface area contributed by atoms with E-state index in [0.717, 1.165) is 0 Å². The molecule has 1 aromatic heterocycles. The number of hydrogen-bond acceptors (Lipinski definition) is 8. The fraction of sp³-hybridized carbons (Fsp3) is 0.222. The minimum absolute atomic E-state index is 0.319. The van der Waals surface area contributed by atoms with Crippen LogP contribution in [0.15, 0.2) is 36.7 Å². The first-order valence-corrected chi connectivity index (χ1v) is 8.14. The summed E-state index contributed by atoms with van der Waals surface area (Å²) in [5.74, 6) is 1.33. The van der Waals surface area contributed by atoms with Gasteiger partial charge in [-0.05, 0) is 34.7 Å². The smallest absolute Gasteiger partial charge is 0.256 e. The van der Waals surface area contributed by atoms with E-state index in [1.165, 1.54) is 39.4 Å². The first-order chi connectivity index (χ1) is 13.6. The predicted octanol–water partition coefficient (Wildman–Crippen LogP) is 1.95. The van der Waals surface area contributed by atoms with E-state index in [0.29, 0.717) is 39.9 Å². The summed E-state index contributed by atoms with van der Waals surface area (Å²) in [7, 11) is 6.00. The molecule has 0 saturated heterocycles. The first-order valence-electron chi connectivity index (χ1n) is 8.14. The molecule has 0 aliphatic carbocycles. The molecule has 0 unspecified atom stereocenters. The first kappa shape index (κ1) is 19.0. The van der Waals surface area contributed by atoms with Crippen LogP contribution in [0.1, 0.15) is 10.4 Å². The van der Waals surface area contributed by atoms with Gasteiger partial charge in [0.1, 0.15) is 12.1 Å². The molecular formula is C18H19N5O5. The van der Waals surface area contributed by atoms with E-state index in [4.69, 9.17) is 18.9 Å². The van der Waals surface area contributed by atoms with Crippen LogP contribution < -0.4 is 24.3 Å². The Bertz CT molecular complexity index is 949. The van der Waals surface area contributed by atoms with Gasteiger partial charge in [-0.3, -0.25) is 4.79 Å². The van der Waals surface area contributed by atoms with Gasteiger partial charge in [0.25, 0.3) is 5.91 Å². The van der Waals surface area contributed by atoms with Crippen molar-refractivity contribution in [1.29, 1.82) is 0 Å². The van der Waals surface area contributed by atoms with Crippen molar-refractivity contribution in [1.82, 2.24) is 20.2 Å². The molecule has 0 saturated carbocycles. The van der Waals surface area contributed by atoms with E-state index in [-0.39, 0.29) is 5.91 Å². The molecule has 0 bridgehead atoms. The van der Waals surface area contributed by atoms with E-state index < -0.39 is 0 Å². The number of rotatable bonds is 7. The zero-order chi connectivity index (χ0) is 20.1. The van der Waals surface area contributed by atoms with Crippen molar-refractivity contribution >= 4 is 11.6 Å². The summed E-state index contributed by atoms with van der Waals surface area (Å²) in [6.45, 7) is 0. The third kappa shape index (κ3) is 3.65. The fourth-order valence-electron chi connectivity index (χ4n) is 2.62. The standard InChI is InChI=1S/C18H19N5O5/c1-25-12-5-6-14(23-10-19-21-22-23)13(9-12)20-18(24)11-7-15(26-2)17(28-4)16(8-11)27-3/h5-10H,1-4H3,(H,20,24). The SMILES string of the molecule is COc1ccc(-n2cnnn2)c(NC(=O)c2cc(OC)c(OC)c(OC)c2)c1. The molecule has 28 heavy (non-hydrogen) atoms. The summed E-state index contributed by atoms with van der Waals surface area (Å²) < 4.78 is 22.6. The lowest BCUT2D eigenvalue weighted by Crippen LogP contribution is -2.15. The molecule has 3 aromatic rings. The molecule has 0 aliphatic rings. The number of hydrogen-bond donors (Lipinski definition) is 1. The lowest BCUT2D eigenvalue weighted by Gasteiger charge is -2.15. The quantitative estimate of drug-likeness (QED) is 0.657. The summed E-state index contributed by atoms with van der Waals surface area (Å²) in [5.41, 5.74) is 1.36. The Morgan fingerprint density at radius 3 is 2.21 bits per heavy atom. The van der Waals surface area contributed by atoms with Gasteiger partial charge in [0, 0.05) is 11.6 Å². The van der Waals surface area contributed by atoms with Gasteiger partial charge in [-0.1, -0.05) is 0 Å². The van der Waals surface area contributed by atoms with Gasteiger partial charge >= 0.3 is 0 Å². The minimum atomic E-state index is -0.387. The number of nitrogens with one attached hydrogen (secondary N) is 1. The van der Waals surface area contributed by atoms with Crippen LogP contribution in [-0.2, 0) is 0 Å². The van der Waals surface area contributed by atoms with Crippen LogP contribution in [0.2, 0.25) is 0 Å². The molecule has 3 rings (SSSR count). The fourth-order valence-corrected chi connectivity index (χ4v) is 2.62. The highest BCUT2D eigenvalue weighted by molar-refractivity contribution is 6.06. The predicted molar refractivity (Wildman–Crippen MR) is 99.8 cm³/mol. The number of anilines is 1. The van der Waals surface area contributed by atoms with Gasteiger partial charge in [0.05, 0.1) is 39.8 Å². The molecule has 0 spiro atoms. The van der Waals surface area contributed by atoms with Crippen LogP contribution in [0.4, 0.5) is 5.69 Å². The van der Waals surface area contributed by atoms with E-state index in [9.17, 15) is 4.79 Å². The lowest BCUT2D eigenvalue weighted by molar-refractivity contribution is 0.102. The van der Waals surface area contributed by atoms with Gasteiger partial charge in [0.2, 0.25) is 5.75 Å². The van der Waals surface area contributed by atoms with Crippen molar-refractivity contribution in [3.8, 4) is 28.7 Å². The average molecular weight is 385 g/mol. The number of carbonyl (C=O) groups is 1. The zero-order valence-corrected chi connectivity index (χ0v) is 15.8. The second kappa shape index (κ2) is 8.25. The van der Waals surface area contributed by atoms with Crippen molar-refractivity contribution in [2.75, 3.05) is 33.8 Å². The Morgan fingerprint density at radius 2 is 1.68 bits per heavy atom. The van der Waals surface area contributed by atoms with Crippen LogP contribution in [0.25, 0.3) is 5.69 Å². The minimum Gasteiger partial charge on any atom is -0.497 e. The summed E-state index contributed by atoms with van der Waals surface area (Å²) in [5, 5.41) is 14.0. The number of benzene rings is 2. The van der Waals surface area contributed by atoms with Crippen LogP contribution in [-0.4, -0.2) is 54.6 Å². The highest BCUT2D eigenvalue weighted by Crippen LogP contribution is 2.38. The van der Waals surface area contributed by atoms with Crippen molar-refractivity contribution < 1.29 is 23.7 Å². The lowest BCUT2D eigenvalue weighted by atomic mass is 10.1. The van der Waals surface area contributed by atoms with Crippen LogP contribution in [0.3, 0.4) is 0 Å². The number of amides is 1. The summed E-state index contributed by atoms with van der Waals surface area (Å²) >= 11 is 0. The Balaban J connectivity index is 1.99. The molecule has 1 N–H and O–H groups in total.